The second-order valence-corrected chi connectivity index (χ2v) is 6.34. The molecular formula is C14H22N4O2. The first-order valence-corrected chi connectivity index (χ1v) is 6.73. The van der Waals surface area contributed by atoms with Gasteiger partial charge in [0, 0.05) is 20.1 Å². The first-order chi connectivity index (χ1) is 9.22. The number of rotatable bonds is 2. The number of amides is 1. The highest BCUT2D eigenvalue weighted by Crippen LogP contribution is 2.28. The van der Waals surface area contributed by atoms with Gasteiger partial charge >= 0.3 is 0 Å². The van der Waals surface area contributed by atoms with E-state index in [2.05, 4.69) is 15.5 Å². The van der Waals surface area contributed by atoms with Gasteiger partial charge in [-0.2, -0.15) is 0 Å². The number of ether oxygens (including phenoxy) is 1. The minimum atomic E-state index is -0.365. The molecule has 1 aromatic rings. The third kappa shape index (κ3) is 3.25. The standard InChI is InChI=1S/C14H22N4O2/c1-13(2)8-18(9-14(3,4)20-13)12(19)10-6-7-11(15-5)17-16-10/h6-7H,8-9H2,1-5H3,(H,15,17). The van der Waals surface area contributed by atoms with Gasteiger partial charge in [0.05, 0.1) is 11.2 Å². The quantitative estimate of drug-likeness (QED) is 0.889. The van der Waals surface area contributed by atoms with Crippen LogP contribution in [0.2, 0.25) is 0 Å². The molecule has 0 aliphatic carbocycles. The van der Waals surface area contributed by atoms with Crippen molar-refractivity contribution < 1.29 is 9.53 Å². The zero-order chi connectivity index (χ0) is 15.0. The minimum absolute atomic E-state index is 0.107. The number of hydrogen-bond donors (Lipinski definition) is 1. The van der Waals surface area contributed by atoms with Crippen LogP contribution in [-0.2, 0) is 4.74 Å². The van der Waals surface area contributed by atoms with Gasteiger partial charge in [0.1, 0.15) is 5.82 Å². The zero-order valence-electron chi connectivity index (χ0n) is 12.7. The second-order valence-electron chi connectivity index (χ2n) is 6.34. The van der Waals surface area contributed by atoms with E-state index in [1.165, 1.54) is 0 Å². The molecule has 1 saturated heterocycles. The highest BCUT2D eigenvalue weighted by atomic mass is 16.5. The highest BCUT2D eigenvalue weighted by Gasteiger charge is 2.40. The van der Waals surface area contributed by atoms with Crippen LogP contribution in [-0.4, -0.2) is 52.3 Å². The van der Waals surface area contributed by atoms with E-state index in [1.54, 1.807) is 24.1 Å². The van der Waals surface area contributed by atoms with Crippen LogP contribution in [0.5, 0.6) is 0 Å². The van der Waals surface area contributed by atoms with Gasteiger partial charge < -0.3 is 15.0 Å². The van der Waals surface area contributed by atoms with Crippen LogP contribution in [0.1, 0.15) is 38.2 Å². The van der Waals surface area contributed by atoms with Gasteiger partial charge in [-0.25, -0.2) is 0 Å². The summed E-state index contributed by atoms with van der Waals surface area (Å²) in [5.41, 5.74) is -0.372. The predicted octanol–water partition coefficient (Wildman–Crippen LogP) is 1.55. The Labute approximate surface area is 119 Å². The summed E-state index contributed by atoms with van der Waals surface area (Å²) in [4.78, 5) is 14.3. The van der Waals surface area contributed by atoms with E-state index in [4.69, 9.17) is 4.74 Å². The molecule has 0 unspecified atom stereocenters. The van der Waals surface area contributed by atoms with Crippen molar-refractivity contribution >= 4 is 11.7 Å². The number of carbonyl (C=O) groups excluding carboxylic acids is 1. The van der Waals surface area contributed by atoms with Crippen LogP contribution < -0.4 is 5.32 Å². The SMILES string of the molecule is CNc1ccc(C(=O)N2CC(C)(C)OC(C)(C)C2)nn1. The summed E-state index contributed by atoms with van der Waals surface area (Å²) < 4.78 is 5.97. The number of carbonyl (C=O) groups is 1. The number of morpholine rings is 1. The molecule has 0 spiro atoms. The lowest BCUT2D eigenvalue weighted by atomic mass is 9.98. The van der Waals surface area contributed by atoms with Gasteiger partial charge in [0.2, 0.25) is 0 Å². The molecular weight excluding hydrogens is 256 g/mol. The summed E-state index contributed by atoms with van der Waals surface area (Å²) in [7, 11) is 1.76. The molecule has 1 aliphatic rings. The maximum atomic E-state index is 12.5. The van der Waals surface area contributed by atoms with Crippen molar-refractivity contribution in [1.82, 2.24) is 15.1 Å². The monoisotopic (exact) mass is 278 g/mol. The number of anilines is 1. The van der Waals surface area contributed by atoms with Crippen molar-refractivity contribution in [2.45, 2.75) is 38.9 Å². The van der Waals surface area contributed by atoms with Crippen molar-refractivity contribution in [1.29, 1.82) is 0 Å². The van der Waals surface area contributed by atoms with E-state index < -0.39 is 0 Å². The maximum absolute atomic E-state index is 12.5. The number of hydrogen-bond acceptors (Lipinski definition) is 5. The van der Waals surface area contributed by atoms with Crippen LogP contribution in [0, 0.1) is 0 Å². The lowest BCUT2D eigenvalue weighted by Crippen LogP contribution is -2.58. The van der Waals surface area contributed by atoms with Crippen LogP contribution in [0.4, 0.5) is 5.82 Å². The van der Waals surface area contributed by atoms with Crippen molar-refractivity contribution in [3.63, 3.8) is 0 Å². The van der Waals surface area contributed by atoms with E-state index in [-0.39, 0.29) is 17.1 Å². The van der Waals surface area contributed by atoms with E-state index in [0.29, 0.717) is 24.6 Å². The van der Waals surface area contributed by atoms with Crippen LogP contribution in [0.15, 0.2) is 12.1 Å². The van der Waals surface area contributed by atoms with Crippen molar-refractivity contribution in [2.24, 2.45) is 0 Å². The molecule has 0 bridgehead atoms. The second kappa shape index (κ2) is 5.01. The molecule has 110 valence electrons. The Morgan fingerprint density at radius 2 is 1.80 bits per heavy atom. The summed E-state index contributed by atoms with van der Waals surface area (Å²) in [6.45, 7) is 9.05. The van der Waals surface area contributed by atoms with Gasteiger partial charge in [0.25, 0.3) is 5.91 Å². The molecule has 2 heterocycles. The molecule has 0 aromatic carbocycles. The lowest BCUT2D eigenvalue weighted by Gasteiger charge is -2.46. The lowest BCUT2D eigenvalue weighted by molar-refractivity contribution is -0.171. The van der Waals surface area contributed by atoms with Crippen molar-refractivity contribution in [2.75, 3.05) is 25.5 Å². The fourth-order valence-electron chi connectivity index (χ4n) is 2.67. The summed E-state index contributed by atoms with van der Waals surface area (Å²) in [6.07, 6.45) is 0. The molecule has 2 rings (SSSR count). The van der Waals surface area contributed by atoms with Gasteiger partial charge in [0.15, 0.2) is 5.69 Å². The molecule has 0 atom stereocenters. The van der Waals surface area contributed by atoms with E-state index >= 15 is 0 Å². The Morgan fingerprint density at radius 3 is 2.25 bits per heavy atom. The topological polar surface area (TPSA) is 67.4 Å². The Balaban J connectivity index is 2.19. The maximum Gasteiger partial charge on any atom is 0.274 e. The molecule has 1 aromatic heterocycles. The fraction of sp³-hybridized carbons (Fsp3) is 0.643. The third-order valence-electron chi connectivity index (χ3n) is 3.12. The Kier molecular flexibility index (Phi) is 3.69. The molecule has 1 amide bonds. The first-order valence-electron chi connectivity index (χ1n) is 6.73. The Morgan fingerprint density at radius 1 is 1.20 bits per heavy atom. The Hall–Kier alpha value is -1.69. The predicted molar refractivity (Wildman–Crippen MR) is 76.7 cm³/mol. The average molecular weight is 278 g/mol. The minimum Gasteiger partial charge on any atom is -0.372 e. The molecule has 6 nitrogen and oxygen atoms in total. The normalized spacial score (nSPS) is 20.6. The van der Waals surface area contributed by atoms with E-state index in [1.807, 2.05) is 27.7 Å². The van der Waals surface area contributed by atoms with Gasteiger partial charge in [-0.1, -0.05) is 0 Å². The molecule has 0 saturated carbocycles. The smallest absolute Gasteiger partial charge is 0.274 e. The fourth-order valence-corrected chi connectivity index (χ4v) is 2.67. The number of nitrogens with one attached hydrogen (secondary N) is 1. The highest BCUT2D eigenvalue weighted by molar-refractivity contribution is 5.92. The third-order valence-corrected chi connectivity index (χ3v) is 3.12. The molecule has 1 fully saturated rings. The summed E-state index contributed by atoms with van der Waals surface area (Å²) in [5, 5.41) is 10.8. The van der Waals surface area contributed by atoms with E-state index in [9.17, 15) is 4.79 Å². The summed E-state index contributed by atoms with van der Waals surface area (Å²) >= 11 is 0. The molecule has 1 aliphatic heterocycles. The first kappa shape index (κ1) is 14.7. The Bertz CT molecular complexity index is 480. The molecule has 0 radical (unpaired) electrons. The number of nitrogens with zero attached hydrogens (tertiary/aromatic N) is 3. The van der Waals surface area contributed by atoms with Crippen LogP contribution >= 0.6 is 0 Å². The average Bonchev–Trinajstić information content (AvgIpc) is 2.34. The summed E-state index contributed by atoms with van der Waals surface area (Å²) in [6, 6.07) is 3.44. The largest absolute Gasteiger partial charge is 0.372 e. The van der Waals surface area contributed by atoms with Crippen molar-refractivity contribution in [3.05, 3.63) is 17.8 Å². The van der Waals surface area contributed by atoms with Crippen molar-refractivity contribution in [3.8, 4) is 0 Å². The zero-order valence-corrected chi connectivity index (χ0v) is 12.7. The molecule has 6 heteroatoms. The van der Waals surface area contributed by atoms with Gasteiger partial charge in [-0.3, -0.25) is 4.79 Å². The molecule has 20 heavy (non-hydrogen) atoms. The number of aromatic nitrogens is 2. The van der Waals surface area contributed by atoms with Crippen LogP contribution in [0.3, 0.4) is 0 Å². The van der Waals surface area contributed by atoms with Gasteiger partial charge in [-0.15, -0.1) is 10.2 Å². The van der Waals surface area contributed by atoms with Crippen LogP contribution in [0.25, 0.3) is 0 Å². The van der Waals surface area contributed by atoms with E-state index in [0.717, 1.165) is 0 Å². The molecule has 1 N–H and O–H groups in total. The van der Waals surface area contributed by atoms with Gasteiger partial charge in [-0.05, 0) is 39.8 Å². The summed E-state index contributed by atoms with van der Waals surface area (Å²) in [5.74, 6) is 0.536.